The molecule has 9 heteroatoms. The van der Waals surface area contributed by atoms with Crippen molar-refractivity contribution in [3.63, 3.8) is 0 Å². The quantitative estimate of drug-likeness (QED) is 0.789. The van der Waals surface area contributed by atoms with Gasteiger partial charge in [0, 0.05) is 18.6 Å². The van der Waals surface area contributed by atoms with Gasteiger partial charge in [-0.25, -0.2) is 13.2 Å². The lowest BCUT2D eigenvalue weighted by Crippen LogP contribution is -2.37. The molecule has 0 heterocycles. The smallest absolute Gasteiger partial charge is 0.335 e. The maximum Gasteiger partial charge on any atom is 0.335 e. The van der Waals surface area contributed by atoms with Crippen molar-refractivity contribution >= 4 is 37.8 Å². The van der Waals surface area contributed by atoms with Crippen molar-refractivity contribution in [2.45, 2.75) is 11.8 Å². The van der Waals surface area contributed by atoms with E-state index in [-0.39, 0.29) is 21.5 Å². The fourth-order valence-corrected chi connectivity index (χ4v) is 3.71. The Labute approximate surface area is 131 Å². The standard InChI is InChI=1S/C12H15BrN2O5S/c1-7-4-8(12(17)18)5-9(11(7)13)21(19,20)15(3)6-10(16)14-2/h4-5H,6H2,1-3H3,(H,14,16)(H,17,18). The van der Waals surface area contributed by atoms with E-state index in [4.69, 9.17) is 5.11 Å². The molecule has 116 valence electrons. The summed E-state index contributed by atoms with van der Waals surface area (Å²) in [7, 11) is -1.34. The molecule has 0 aromatic heterocycles. The molecule has 0 saturated heterocycles. The minimum absolute atomic E-state index is 0.136. The van der Waals surface area contributed by atoms with Gasteiger partial charge < -0.3 is 10.4 Å². The highest BCUT2D eigenvalue weighted by atomic mass is 79.9. The number of aromatic carboxylic acids is 1. The minimum atomic E-state index is -3.99. The summed E-state index contributed by atoms with van der Waals surface area (Å²) in [5.74, 6) is -1.70. The second-order valence-electron chi connectivity index (χ2n) is 4.34. The van der Waals surface area contributed by atoms with Crippen LogP contribution in [0.3, 0.4) is 0 Å². The average Bonchev–Trinajstić information content (AvgIpc) is 2.40. The van der Waals surface area contributed by atoms with E-state index in [1.165, 1.54) is 20.2 Å². The molecule has 0 unspecified atom stereocenters. The summed E-state index contributed by atoms with van der Waals surface area (Å²) in [6.45, 7) is 1.23. The number of rotatable bonds is 5. The molecule has 2 N–H and O–H groups in total. The number of carbonyl (C=O) groups excluding carboxylic acids is 1. The molecule has 0 aliphatic carbocycles. The third-order valence-electron chi connectivity index (χ3n) is 2.80. The number of hydrogen-bond donors (Lipinski definition) is 2. The van der Waals surface area contributed by atoms with Crippen LogP contribution in [0.2, 0.25) is 0 Å². The maximum atomic E-state index is 12.5. The highest BCUT2D eigenvalue weighted by Crippen LogP contribution is 2.29. The summed E-state index contributed by atoms with van der Waals surface area (Å²) in [4.78, 5) is 22.2. The predicted molar refractivity (Wildman–Crippen MR) is 79.7 cm³/mol. The molecule has 1 aromatic rings. The molecule has 7 nitrogen and oxygen atoms in total. The average molecular weight is 379 g/mol. The van der Waals surface area contributed by atoms with E-state index >= 15 is 0 Å². The third kappa shape index (κ3) is 3.80. The number of aryl methyl sites for hydroxylation is 1. The fourth-order valence-electron chi connectivity index (χ4n) is 1.58. The molecular formula is C12H15BrN2O5S. The van der Waals surface area contributed by atoms with E-state index in [9.17, 15) is 18.0 Å². The monoisotopic (exact) mass is 378 g/mol. The predicted octanol–water partition coefficient (Wildman–Crippen LogP) is 0.822. The first-order valence-electron chi connectivity index (χ1n) is 5.81. The third-order valence-corrected chi connectivity index (χ3v) is 5.94. The number of likely N-dealkylation sites (N-methyl/N-ethyl adjacent to an activating group) is 2. The number of halogens is 1. The van der Waals surface area contributed by atoms with E-state index < -0.39 is 21.9 Å². The van der Waals surface area contributed by atoms with Crippen LogP contribution in [0, 0.1) is 6.92 Å². The Morgan fingerprint density at radius 1 is 1.38 bits per heavy atom. The first-order valence-corrected chi connectivity index (χ1v) is 8.05. The summed E-state index contributed by atoms with van der Waals surface area (Å²) in [6, 6.07) is 2.43. The Morgan fingerprint density at radius 3 is 2.43 bits per heavy atom. The first-order chi connectivity index (χ1) is 9.61. The number of carboxylic acids is 1. The number of nitrogens with one attached hydrogen (secondary N) is 1. The van der Waals surface area contributed by atoms with Crippen LogP contribution in [-0.4, -0.2) is 50.3 Å². The molecule has 0 radical (unpaired) electrons. The number of carboxylic acid groups (broad SMARTS) is 1. The summed E-state index contributed by atoms with van der Waals surface area (Å²) in [5.41, 5.74) is 0.337. The van der Waals surface area contributed by atoms with Crippen molar-refractivity contribution in [2.24, 2.45) is 0 Å². The van der Waals surface area contributed by atoms with Crippen LogP contribution in [0.4, 0.5) is 0 Å². The van der Waals surface area contributed by atoms with Crippen molar-refractivity contribution in [3.05, 3.63) is 27.7 Å². The Bertz CT molecular complexity index is 687. The van der Waals surface area contributed by atoms with Crippen molar-refractivity contribution in [2.75, 3.05) is 20.6 Å². The molecule has 1 amide bonds. The molecule has 0 bridgehead atoms. The molecule has 0 atom stereocenters. The lowest BCUT2D eigenvalue weighted by molar-refractivity contribution is -0.120. The van der Waals surface area contributed by atoms with Crippen LogP contribution in [0.5, 0.6) is 0 Å². The van der Waals surface area contributed by atoms with Crippen molar-refractivity contribution in [1.29, 1.82) is 0 Å². The fraction of sp³-hybridized carbons (Fsp3) is 0.333. The highest BCUT2D eigenvalue weighted by Gasteiger charge is 2.27. The van der Waals surface area contributed by atoms with Gasteiger partial charge in [0.1, 0.15) is 0 Å². The molecule has 0 fully saturated rings. The lowest BCUT2D eigenvalue weighted by Gasteiger charge is -2.18. The minimum Gasteiger partial charge on any atom is -0.478 e. The maximum absolute atomic E-state index is 12.5. The SMILES string of the molecule is CNC(=O)CN(C)S(=O)(=O)c1cc(C(=O)O)cc(C)c1Br. The van der Waals surface area contributed by atoms with E-state index in [0.29, 0.717) is 5.56 Å². The molecule has 1 aromatic carbocycles. The number of carbonyl (C=O) groups is 2. The van der Waals surface area contributed by atoms with Crippen LogP contribution in [0.25, 0.3) is 0 Å². The Hall–Kier alpha value is -1.45. The number of sulfonamides is 1. The highest BCUT2D eigenvalue weighted by molar-refractivity contribution is 9.10. The van der Waals surface area contributed by atoms with Gasteiger partial charge in [0.05, 0.1) is 17.0 Å². The van der Waals surface area contributed by atoms with Crippen molar-refractivity contribution in [3.8, 4) is 0 Å². The first kappa shape index (κ1) is 17.6. The Kier molecular flexibility index (Phi) is 5.48. The molecule has 1 rings (SSSR count). The van der Waals surface area contributed by atoms with Gasteiger partial charge in [-0.15, -0.1) is 0 Å². The molecule has 0 saturated carbocycles. The summed E-state index contributed by atoms with van der Waals surface area (Å²) < 4.78 is 26.0. The number of nitrogens with zero attached hydrogens (tertiary/aromatic N) is 1. The van der Waals surface area contributed by atoms with Crippen LogP contribution in [0.1, 0.15) is 15.9 Å². The van der Waals surface area contributed by atoms with Gasteiger partial charge >= 0.3 is 5.97 Å². The van der Waals surface area contributed by atoms with Gasteiger partial charge in [0.25, 0.3) is 0 Å². The Morgan fingerprint density at radius 2 is 1.95 bits per heavy atom. The van der Waals surface area contributed by atoms with Crippen LogP contribution in [-0.2, 0) is 14.8 Å². The van der Waals surface area contributed by atoms with E-state index in [0.717, 1.165) is 10.4 Å². The zero-order valence-electron chi connectivity index (χ0n) is 11.7. The van der Waals surface area contributed by atoms with Crippen LogP contribution in [0.15, 0.2) is 21.5 Å². The molecule has 21 heavy (non-hydrogen) atoms. The Balaban J connectivity index is 3.37. The van der Waals surface area contributed by atoms with E-state index in [1.54, 1.807) is 6.92 Å². The number of hydrogen-bond acceptors (Lipinski definition) is 4. The molecular weight excluding hydrogens is 364 g/mol. The topological polar surface area (TPSA) is 104 Å². The van der Waals surface area contributed by atoms with Crippen LogP contribution < -0.4 is 5.32 Å². The molecule has 0 aliphatic rings. The summed E-state index contributed by atoms with van der Waals surface area (Å²) in [6.07, 6.45) is 0. The summed E-state index contributed by atoms with van der Waals surface area (Å²) in [5, 5.41) is 11.3. The largest absolute Gasteiger partial charge is 0.478 e. The number of benzene rings is 1. The van der Waals surface area contributed by atoms with Crippen molar-refractivity contribution < 1.29 is 23.1 Å². The molecule has 0 aliphatic heterocycles. The zero-order valence-corrected chi connectivity index (χ0v) is 14.1. The van der Waals surface area contributed by atoms with Gasteiger partial charge in [-0.1, -0.05) is 0 Å². The van der Waals surface area contributed by atoms with Gasteiger partial charge in [-0.05, 0) is 40.5 Å². The van der Waals surface area contributed by atoms with Gasteiger partial charge in [-0.3, -0.25) is 4.79 Å². The van der Waals surface area contributed by atoms with E-state index in [1.807, 2.05) is 0 Å². The van der Waals surface area contributed by atoms with E-state index in [2.05, 4.69) is 21.2 Å². The van der Waals surface area contributed by atoms with Gasteiger partial charge in [0.15, 0.2) is 0 Å². The number of amides is 1. The lowest BCUT2D eigenvalue weighted by atomic mass is 10.1. The summed E-state index contributed by atoms with van der Waals surface area (Å²) >= 11 is 3.15. The van der Waals surface area contributed by atoms with Crippen molar-refractivity contribution in [1.82, 2.24) is 9.62 Å². The van der Waals surface area contributed by atoms with Gasteiger partial charge in [-0.2, -0.15) is 4.31 Å². The zero-order chi connectivity index (χ0) is 16.4. The van der Waals surface area contributed by atoms with Gasteiger partial charge in [0.2, 0.25) is 15.9 Å². The normalized spacial score (nSPS) is 11.5. The second-order valence-corrected chi connectivity index (χ2v) is 7.15. The molecule has 0 spiro atoms. The second kappa shape index (κ2) is 6.54. The van der Waals surface area contributed by atoms with Crippen LogP contribution >= 0.6 is 15.9 Å².